The van der Waals surface area contributed by atoms with Crippen LogP contribution >= 0.6 is 0 Å². The molecule has 0 saturated heterocycles. The van der Waals surface area contributed by atoms with Crippen molar-refractivity contribution in [3.05, 3.63) is 52.7 Å². The third-order valence-corrected chi connectivity index (χ3v) is 3.53. The molecular formula is C17H19FN2O4. The van der Waals surface area contributed by atoms with Crippen molar-refractivity contribution in [1.82, 2.24) is 10.5 Å². The molecule has 0 radical (unpaired) electrons. The van der Waals surface area contributed by atoms with Gasteiger partial charge in [0, 0.05) is 18.5 Å². The molecule has 1 heterocycles. The monoisotopic (exact) mass is 334 g/mol. The number of nitrogens with zero attached hydrogens (tertiary/aromatic N) is 1. The quantitative estimate of drug-likeness (QED) is 0.785. The summed E-state index contributed by atoms with van der Waals surface area (Å²) in [6.45, 7) is 3.49. The van der Waals surface area contributed by atoms with Gasteiger partial charge in [-0.15, -0.1) is 0 Å². The number of nitrogens with one attached hydrogen (secondary N) is 1. The van der Waals surface area contributed by atoms with Gasteiger partial charge in [-0.3, -0.25) is 9.59 Å². The van der Waals surface area contributed by atoms with E-state index in [0.717, 1.165) is 16.8 Å². The van der Waals surface area contributed by atoms with Crippen molar-refractivity contribution in [3.63, 3.8) is 0 Å². The van der Waals surface area contributed by atoms with E-state index < -0.39 is 11.9 Å². The maximum absolute atomic E-state index is 12.8. The number of carbonyl (C=O) groups is 2. The van der Waals surface area contributed by atoms with Crippen LogP contribution in [0.3, 0.4) is 0 Å². The molecule has 0 unspecified atom stereocenters. The van der Waals surface area contributed by atoms with E-state index >= 15 is 0 Å². The Morgan fingerprint density at radius 2 is 1.96 bits per heavy atom. The first-order valence-electron chi connectivity index (χ1n) is 7.54. The number of halogens is 1. The molecule has 128 valence electrons. The van der Waals surface area contributed by atoms with Crippen LogP contribution < -0.4 is 5.32 Å². The Morgan fingerprint density at radius 3 is 2.58 bits per heavy atom. The molecule has 1 N–H and O–H groups in total. The standard InChI is InChI=1S/C17H19FN2O4/c1-11-15(12(2)24-20-11)7-8-17(22)23-10-16(21)19-9-13-3-5-14(18)6-4-13/h3-6H,7-10H2,1-2H3,(H,19,21). The van der Waals surface area contributed by atoms with Gasteiger partial charge in [0.1, 0.15) is 11.6 Å². The van der Waals surface area contributed by atoms with Crippen LogP contribution in [0.2, 0.25) is 0 Å². The van der Waals surface area contributed by atoms with E-state index in [2.05, 4.69) is 10.5 Å². The van der Waals surface area contributed by atoms with Crippen molar-refractivity contribution in [2.24, 2.45) is 0 Å². The van der Waals surface area contributed by atoms with Crippen LogP contribution in [-0.4, -0.2) is 23.6 Å². The minimum atomic E-state index is -0.466. The van der Waals surface area contributed by atoms with Gasteiger partial charge in [-0.2, -0.15) is 0 Å². The van der Waals surface area contributed by atoms with Gasteiger partial charge in [0.05, 0.1) is 5.69 Å². The highest BCUT2D eigenvalue weighted by molar-refractivity contribution is 5.80. The fourth-order valence-corrected chi connectivity index (χ4v) is 2.16. The summed E-state index contributed by atoms with van der Waals surface area (Å²) in [7, 11) is 0. The van der Waals surface area contributed by atoms with E-state index in [9.17, 15) is 14.0 Å². The molecule has 24 heavy (non-hydrogen) atoms. The second-order valence-corrected chi connectivity index (χ2v) is 5.37. The van der Waals surface area contributed by atoms with Gasteiger partial charge in [0.2, 0.25) is 0 Å². The third-order valence-electron chi connectivity index (χ3n) is 3.53. The van der Waals surface area contributed by atoms with Gasteiger partial charge < -0.3 is 14.6 Å². The van der Waals surface area contributed by atoms with Crippen LogP contribution in [0.4, 0.5) is 4.39 Å². The Kier molecular flexibility index (Phi) is 6.06. The summed E-state index contributed by atoms with van der Waals surface area (Å²) < 4.78 is 22.7. The molecular weight excluding hydrogens is 315 g/mol. The zero-order valence-corrected chi connectivity index (χ0v) is 13.6. The van der Waals surface area contributed by atoms with E-state index in [1.165, 1.54) is 12.1 Å². The van der Waals surface area contributed by atoms with Crippen molar-refractivity contribution < 1.29 is 23.2 Å². The molecule has 0 atom stereocenters. The fourth-order valence-electron chi connectivity index (χ4n) is 2.16. The molecule has 0 bridgehead atoms. The third kappa shape index (κ3) is 5.19. The van der Waals surface area contributed by atoms with Crippen LogP contribution in [0.5, 0.6) is 0 Å². The number of benzene rings is 1. The molecule has 0 aliphatic rings. The highest BCUT2D eigenvalue weighted by Gasteiger charge is 2.13. The SMILES string of the molecule is Cc1noc(C)c1CCC(=O)OCC(=O)NCc1ccc(F)cc1. The molecule has 1 aromatic carbocycles. The maximum Gasteiger partial charge on any atom is 0.306 e. The summed E-state index contributed by atoms with van der Waals surface area (Å²) in [5, 5.41) is 6.41. The summed E-state index contributed by atoms with van der Waals surface area (Å²) in [4.78, 5) is 23.3. The van der Waals surface area contributed by atoms with E-state index in [1.807, 2.05) is 0 Å². The molecule has 1 aromatic heterocycles. The maximum atomic E-state index is 12.8. The molecule has 2 aromatic rings. The molecule has 1 amide bonds. The zero-order chi connectivity index (χ0) is 17.5. The van der Waals surface area contributed by atoms with Crippen LogP contribution in [-0.2, 0) is 27.3 Å². The first-order chi connectivity index (χ1) is 11.5. The number of aromatic nitrogens is 1. The highest BCUT2D eigenvalue weighted by atomic mass is 19.1. The van der Waals surface area contributed by atoms with Crippen molar-refractivity contribution in [2.75, 3.05) is 6.61 Å². The van der Waals surface area contributed by atoms with Crippen molar-refractivity contribution in [3.8, 4) is 0 Å². The second-order valence-electron chi connectivity index (χ2n) is 5.37. The number of carbonyl (C=O) groups excluding carboxylic acids is 2. The number of hydrogen-bond donors (Lipinski definition) is 1. The van der Waals surface area contributed by atoms with Gasteiger partial charge in [-0.05, 0) is 38.0 Å². The molecule has 2 rings (SSSR count). The van der Waals surface area contributed by atoms with Crippen LogP contribution in [0, 0.1) is 19.7 Å². The predicted molar refractivity (Wildman–Crippen MR) is 83.5 cm³/mol. The number of amides is 1. The number of esters is 1. The average molecular weight is 334 g/mol. The highest BCUT2D eigenvalue weighted by Crippen LogP contribution is 2.14. The molecule has 0 aliphatic carbocycles. The summed E-state index contributed by atoms with van der Waals surface area (Å²) in [5.74, 6) is -0.536. The normalized spacial score (nSPS) is 10.5. The van der Waals surface area contributed by atoms with Crippen molar-refractivity contribution >= 4 is 11.9 Å². The van der Waals surface area contributed by atoms with Crippen LogP contribution in [0.15, 0.2) is 28.8 Å². The number of aryl methyl sites for hydroxylation is 2. The van der Waals surface area contributed by atoms with E-state index in [4.69, 9.17) is 9.26 Å². The summed E-state index contributed by atoms with van der Waals surface area (Å²) in [6, 6.07) is 5.78. The van der Waals surface area contributed by atoms with E-state index in [-0.39, 0.29) is 25.4 Å². The first-order valence-corrected chi connectivity index (χ1v) is 7.54. The minimum absolute atomic E-state index is 0.147. The number of ether oxygens (including phenoxy) is 1. The average Bonchev–Trinajstić information content (AvgIpc) is 2.89. The summed E-state index contributed by atoms with van der Waals surface area (Å²) in [6.07, 6.45) is 0.603. The van der Waals surface area contributed by atoms with E-state index in [0.29, 0.717) is 12.2 Å². The lowest BCUT2D eigenvalue weighted by Gasteiger charge is -2.07. The Hall–Kier alpha value is -2.70. The number of rotatable bonds is 7. The van der Waals surface area contributed by atoms with Crippen LogP contribution in [0.25, 0.3) is 0 Å². The van der Waals surface area contributed by atoms with E-state index in [1.54, 1.807) is 26.0 Å². The molecule has 0 fully saturated rings. The first kappa shape index (κ1) is 17.7. The van der Waals surface area contributed by atoms with Gasteiger partial charge >= 0.3 is 5.97 Å². The molecule has 0 spiro atoms. The smallest absolute Gasteiger partial charge is 0.306 e. The van der Waals surface area contributed by atoms with Crippen molar-refractivity contribution in [2.45, 2.75) is 33.2 Å². The lowest BCUT2D eigenvalue weighted by molar-refractivity contribution is -0.148. The predicted octanol–water partition coefficient (Wildman–Crippen LogP) is 2.22. The largest absolute Gasteiger partial charge is 0.456 e. The topological polar surface area (TPSA) is 81.4 Å². The Labute approximate surface area is 139 Å². The molecule has 0 saturated carbocycles. The van der Waals surface area contributed by atoms with Crippen molar-refractivity contribution in [1.29, 1.82) is 0 Å². The Bertz CT molecular complexity index is 690. The molecule has 0 aliphatic heterocycles. The summed E-state index contributed by atoms with van der Waals surface area (Å²) in [5.41, 5.74) is 2.39. The fraction of sp³-hybridized carbons (Fsp3) is 0.353. The van der Waals surface area contributed by atoms with Crippen LogP contribution in [0.1, 0.15) is 29.0 Å². The van der Waals surface area contributed by atoms with Gasteiger partial charge in [-0.25, -0.2) is 4.39 Å². The zero-order valence-electron chi connectivity index (χ0n) is 13.6. The summed E-state index contributed by atoms with van der Waals surface area (Å²) >= 11 is 0. The minimum Gasteiger partial charge on any atom is -0.456 e. The van der Waals surface area contributed by atoms with Gasteiger partial charge in [0.25, 0.3) is 5.91 Å². The second kappa shape index (κ2) is 8.24. The van der Waals surface area contributed by atoms with Gasteiger partial charge in [0.15, 0.2) is 6.61 Å². The Balaban J connectivity index is 1.67. The lowest BCUT2D eigenvalue weighted by atomic mass is 10.1. The number of hydrogen-bond acceptors (Lipinski definition) is 5. The lowest BCUT2D eigenvalue weighted by Crippen LogP contribution is -2.28. The molecule has 6 nitrogen and oxygen atoms in total. The Morgan fingerprint density at radius 1 is 1.25 bits per heavy atom. The molecule has 7 heteroatoms. The van der Waals surface area contributed by atoms with Gasteiger partial charge in [-0.1, -0.05) is 17.3 Å².